The fourth-order valence-electron chi connectivity index (χ4n) is 3.32. The summed E-state index contributed by atoms with van der Waals surface area (Å²) in [5.74, 6) is 0.673. The minimum absolute atomic E-state index is 0.0409. The van der Waals surface area contributed by atoms with E-state index in [0.29, 0.717) is 17.0 Å². The lowest BCUT2D eigenvalue weighted by molar-refractivity contribution is -0.118. The first-order chi connectivity index (χ1) is 9.64. The molecule has 3 rings (SSSR count). The minimum Gasteiger partial charge on any atom is -0.482 e. The number of Topliss-reactive ketones (excluding diaryl/α,β-unsaturated/α-hetero) is 1. The number of amides is 1. The third-order valence-corrected chi connectivity index (χ3v) is 4.59. The number of ether oxygens (including phenoxy) is 1. The van der Waals surface area contributed by atoms with Crippen LogP contribution >= 0.6 is 0 Å². The van der Waals surface area contributed by atoms with Gasteiger partial charge in [-0.05, 0) is 37.5 Å². The molecule has 0 radical (unpaired) electrons. The summed E-state index contributed by atoms with van der Waals surface area (Å²) < 4.78 is 5.32. The highest BCUT2D eigenvalue weighted by molar-refractivity contribution is 6.03. The SMILES string of the molecule is CCC1(C(=O)c2ccc3c(c2)NC(=O)CO3)CCCC1. The lowest BCUT2D eigenvalue weighted by atomic mass is 9.76. The second kappa shape index (κ2) is 4.93. The molecule has 1 fully saturated rings. The van der Waals surface area contributed by atoms with E-state index in [4.69, 9.17) is 4.74 Å². The number of carbonyl (C=O) groups is 2. The molecule has 1 amide bonds. The van der Waals surface area contributed by atoms with Gasteiger partial charge < -0.3 is 10.1 Å². The van der Waals surface area contributed by atoms with Crippen molar-refractivity contribution in [1.29, 1.82) is 0 Å². The predicted molar refractivity (Wildman–Crippen MR) is 76.1 cm³/mol. The van der Waals surface area contributed by atoms with Crippen LogP contribution in [0.15, 0.2) is 18.2 Å². The Hall–Kier alpha value is -1.84. The highest BCUT2D eigenvalue weighted by Gasteiger charge is 2.39. The molecule has 0 atom stereocenters. The van der Waals surface area contributed by atoms with E-state index in [-0.39, 0.29) is 23.7 Å². The van der Waals surface area contributed by atoms with Gasteiger partial charge in [0.2, 0.25) is 0 Å². The van der Waals surface area contributed by atoms with Crippen molar-refractivity contribution in [2.24, 2.45) is 5.41 Å². The van der Waals surface area contributed by atoms with Crippen molar-refractivity contribution in [2.45, 2.75) is 39.0 Å². The molecular weight excluding hydrogens is 254 g/mol. The molecule has 0 saturated heterocycles. The molecule has 1 N–H and O–H groups in total. The van der Waals surface area contributed by atoms with Crippen molar-refractivity contribution < 1.29 is 14.3 Å². The minimum atomic E-state index is -0.201. The first-order valence-electron chi connectivity index (χ1n) is 7.26. The Balaban J connectivity index is 1.92. The summed E-state index contributed by atoms with van der Waals surface area (Å²) in [6, 6.07) is 5.35. The normalized spacial score (nSPS) is 19.9. The van der Waals surface area contributed by atoms with Gasteiger partial charge in [-0.25, -0.2) is 0 Å². The monoisotopic (exact) mass is 273 g/mol. The number of hydrogen-bond acceptors (Lipinski definition) is 3. The number of anilines is 1. The van der Waals surface area contributed by atoms with Gasteiger partial charge in [0.1, 0.15) is 5.75 Å². The second-order valence-electron chi connectivity index (χ2n) is 5.72. The standard InChI is InChI=1S/C16H19NO3/c1-2-16(7-3-4-8-16)15(19)11-5-6-13-12(9-11)17-14(18)10-20-13/h5-6,9H,2-4,7-8,10H2,1H3,(H,17,18). The van der Waals surface area contributed by atoms with Crippen LogP contribution in [-0.2, 0) is 4.79 Å². The summed E-state index contributed by atoms with van der Waals surface area (Å²) in [6.45, 7) is 2.13. The Morgan fingerprint density at radius 3 is 2.80 bits per heavy atom. The van der Waals surface area contributed by atoms with Crippen LogP contribution in [-0.4, -0.2) is 18.3 Å². The van der Waals surface area contributed by atoms with Crippen molar-refractivity contribution in [3.05, 3.63) is 23.8 Å². The summed E-state index contributed by atoms with van der Waals surface area (Å²) in [5, 5.41) is 2.76. The number of nitrogens with one attached hydrogen (secondary N) is 1. The molecule has 0 bridgehead atoms. The maximum absolute atomic E-state index is 12.8. The van der Waals surface area contributed by atoms with E-state index in [9.17, 15) is 9.59 Å². The van der Waals surface area contributed by atoms with Gasteiger partial charge in [0.05, 0.1) is 5.69 Å². The molecule has 2 aliphatic rings. The van der Waals surface area contributed by atoms with Crippen LogP contribution in [0.2, 0.25) is 0 Å². The van der Waals surface area contributed by atoms with Gasteiger partial charge in [0, 0.05) is 11.0 Å². The van der Waals surface area contributed by atoms with Crippen LogP contribution in [0, 0.1) is 5.41 Å². The highest BCUT2D eigenvalue weighted by Crippen LogP contribution is 2.44. The van der Waals surface area contributed by atoms with E-state index in [1.807, 2.05) is 6.07 Å². The molecule has 0 aromatic heterocycles. The molecule has 1 aromatic rings. The van der Waals surface area contributed by atoms with Crippen LogP contribution in [0.3, 0.4) is 0 Å². The van der Waals surface area contributed by atoms with E-state index >= 15 is 0 Å². The Labute approximate surface area is 118 Å². The van der Waals surface area contributed by atoms with Crippen molar-refractivity contribution in [1.82, 2.24) is 0 Å². The Kier molecular flexibility index (Phi) is 3.24. The van der Waals surface area contributed by atoms with E-state index in [0.717, 1.165) is 32.1 Å². The first kappa shape index (κ1) is 13.2. The number of benzene rings is 1. The van der Waals surface area contributed by atoms with Gasteiger partial charge in [-0.1, -0.05) is 19.8 Å². The average Bonchev–Trinajstić information content (AvgIpc) is 2.95. The third-order valence-electron chi connectivity index (χ3n) is 4.59. The van der Waals surface area contributed by atoms with Gasteiger partial charge in [-0.15, -0.1) is 0 Å². The summed E-state index contributed by atoms with van der Waals surface area (Å²) in [7, 11) is 0. The highest BCUT2D eigenvalue weighted by atomic mass is 16.5. The van der Waals surface area contributed by atoms with Gasteiger partial charge >= 0.3 is 0 Å². The number of rotatable bonds is 3. The maximum atomic E-state index is 12.8. The Morgan fingerprint density at radius 1 is 1.35 bits per heavy atom. The van der Waals surface area contributed by atoms with Crippen molar-refractivity contribution in [3.8, 4) is 5.75 Å². The number of hydrogen-bond donors (Lipinski definition) is 1. The van der Waals surface area contributed by atoms with Crippen molar-refractivity contribution >= 4 is 17.4 Å². The van der Waals surface area contributed by atoms with E-state index in [2.05, 4.69) is 12.2 Å². The van der Waals surface area contributed by atoms with E-state index in [1.165, 1.54) is 0 Å². The molecule has 1 heterocycles. The van der Waals surface area contributed by atoms with Gasteiger partial charge in [0.15, 0.2) is 12.4 Å². The van der Waals surface area contributed by atoms with Crippen molar-refractivity contribution in [2.75, 3.05) is 11.9 Å². The summed E-state index contributed by atoms with van der Waals surface area (Å²) in [5.41, 5.74) is 1.09. The van der Waals surface area contributed by atoms with Crippen LogP contribution in [0.4, 0.5) is 5.69 Å². The molecule has 106 valence electrons. The summed E-state index contributed by atoms with van der Waals surface area (Å²) in [6.07, 6.45) is 5.09. The zero-order valence-corrected chi connectivity index (χ0v) is 11.7. The predicted octanol–water partition coefficient (Wildman–Crippen LogP) is 3.17. The van der Waals surface area contributed by atoms with Crippen LogP contribution in [0.5, 0.6) is 5.75 Å². The maximum Gasteiger partial charge on any atom is 0.262 e. The zero-order chi connectivity index (χ0) is 14.2. The largest absolute Gasteiger partial charge is 0.482 e. The molecule has 1 aliphatic carbocycles. The van der Waals surface area contributed by atoms with Crippen LogP contribution in [0.1, 0.15) is 49.4 Å². The molecule has 0 spiro atoms. The Bertz CT molecular complexity index is 559. The quantitative estimate of drug-likeness (QED) is 0.861. The lowest BCUT2D eigenvalue weighted by Crippen LogP contribution is -2.28. The molecule has 4 heteroatoms. The smallest absolute Gasteiger partial charge is 0.262 e. The molecule has 20 heavy (non-hydrogen) atoms. The van der Waals surface area contributed by atoms with Gasteiger partial charge in [-0.2, -0.15) is 0 Å². The molecule has 1 aliphatic heterocycles. The topological polar surface area (TPSA) is 55.4 Å². The fourth-order valence-corrected chi connectivity index (χ4v) is 3.32. The van der Waals surface area contributed by atoms with Crippen molar-refractivity contribution in [3.63, 3.8) is 0 Å². The van der Waals surface area contributed by atoms with Crippen LogP contribution in [0.25, 0.3) is 0 Å². The molecule has 1 aromatic carbocycles. The number of ketones is 1. The average molecular weight is 273 g/mol. The summed E-state index contributed by atoms with van der Waals surface area (Å²) >= 11 is 0. The zero-order valence-electron chi connectivity index (χ0n) is 11.7. The number of fused-ring (bicyclic) bond motifs is 1. The fraction of sp³-hybridized carbons (Fsp3) is 0.500. The lowest BCUT2D eigenvalue weighted by Gasteiger charge is -2.26. The van der Waals surface area contributed by atoms with E-state index in [1.54, 1.807) is 12.1 Å². The van der Waals surface area contributed by atoms with Gasteiger partial charge in [0.25, 0.3) is 5.91 Å². The molecular formula is C16H19NO3. The first-order valence-corrected chi connectivity index (χ1v) is 7.26. The van der Waals surface area contributed by atoms with Crippen LogP contribution < -0.4 is 10.1 Å². The molecule has 4 nitrogen and oxygen atoms in total. The Morgan fingerprint density at radius 2 is 2.10 bits per heavy atom. The summed E-state index contributed by atoms with van der Waals surface area (Å²) in [4.78, 5) is 24.2. The van der Waals surface area contributed by atoms with Gasteiger partial charge in [-0.3, -0.25) is 9.59 Å². The molecule has 1 saturated carbocycles. The number of carbonyl (C=O) groups excluding carboxylic acids is 2. The van der Waals surface area contributed by atoms with E-state index < -0.39 is 0 Å². The molecule has 0 unspecified atom stereocenters. The second-order valence-corrected chi connectivity index (χ2v) is 5.72. The third kappa shape index (κ3) is 2.09.